The van der Waals surface area contributed by atoms with Gasteiger partial charge in [0.05, 0.1) is 5.69 Å². The van der Waals surface area contributed by atoms with E-state index in [1.165, 1.54) is 26.0 Å². The maximum absolute atomic E-state index is 13.7. The largest absolute Gasteiger partial charge is 0.352 e. The normalized spacial score (nSPS) is 12.7. The van der Waals surface area contributed by atoms with Crippen LogP contribution in [0.15, 0.2) is 18.2 Å². The average molecular weight is 338 g/mol. The molecule has 0 fully saturated rings. The molecule has 24 heavy (non-hydrogen) atoms. The van der Waals surface area contributed by atoms with Gasteiger partial charge in [-0.3, -0.25) is 9.59 Å². The number of carbonyl (C=O) groups is 3. The highest BCUT2D eigenvalue weighted by atomic mass is 19.1. The molecule has 0 saturated heterocycles. The molecule has 0 heterocycles. The second kappa shape index (κ2) is 8.85. The molecule has 0 saturated carbocycles. The van der Waals surface area contributed by atoms with Gasteiger partial charge in [-0.25, -0.2) is 9.18 Å². The molecule has 132 valence electrons. The quantitative estimate of drug-likeness (QED) is 0.640. The van der Waals surface area contributed by atoms with Crippen molar-refractivity contribution in [3.05, 3.63) is 24.0 Å². The van der Waals surface area contributed by atoms with Crippen molar-refractivity contribution in [1.29, 1.82) is 0 Å². The monoisotopic (exact) mass is 338 g/mol. The number of benzene rings is 1. The van der Waals surface area contributed by atoms with Gasteiger partial charge in [0.1, 0.15) is 11.9 Å². The zero-order chi connectivity index (χ0) is 18.3. The molecule has 1 aromatic carbocycles. The molecular formula is C16H23FN4O3. The molecule has 0 aliphatic carbocycles. The molecule has 0 bridgehead atoms. The van der Waals surface area contributed by atoms with Crippen LogP contribution in [-0.4, -0.2) is 29.9 Å². The van der Waals surface area contributed by atoms with Crippen molar-refractivity contribution in [2.75, 3.05) is 10.6 Å². The van der Waals surface area contributed by atoms with Crippen LogP contribution in [0.3, 0.4) is 0 Å². The van der Waals surface area contributed by atoms with Crippen molar-refractivity contribution >= 4 is 29.2 Å². The van der Waals surface area contributed by atoms with Crippen LogP contribution in [0.1, 0.15) is 34.1 Å². The maximum Gasteiger partial charge on any atom is 0.319 e. The van der Waals surface area contributed by atoms with E-state index in [9.17, 15) is 18.8 Å². The highest BCUT2D eigenvalue weighted by Gasteiger charge is 2.17. The van der Waals surface area contributed by atoms with Gasteiger partial charge in [0.2, 0.25) is 11.8 Å². The molecule has 0 radical (unpaired) electrons. The van der Waals surface area contributed by atoms with Crippen molar-refractivity contribution in [2.24, 2.45) is 0 Å². The third-order valence-electron chi connectivity index (χ3n) is 3.28. The van der Waals surface area contributed by atoms with Crippen molar-refractivity contribution in [3.8, 4) is 0 Å². The smallest absolute Gasteiger partial charge is 0.319 e. The summed E-state index contributed by atoms with van der Waals surface area (Å²) in [6.45, 7) is 6.64. The predicted octanol–water partition coefficient (Wildman–Crippen LogP) is 2.21. The summed E-state index contributed by atoms with van der Waals surface area (Å²) >= 11 is 0. The number of carbonyl (C=O) groups excluding carboxylic acids is 3. The molecule has 2 unspecified atom stereocenters. The molecule has 4 N–H and O–H groups in total. The van der Waals surface area contributed by atoms with Gasteiger partial charge < -0.3 is 21.3 Å². The Morgan fingerprint density at radius 3 is 2.38 bits per heavy atom. The van der Waals surface area contributed by atoms with Crippen molar-refractivity contribution in [1.82, 2.24) is 10.6 Å². The van der Waals surface area contributed by atoms with Gasteiger partial charge in [0, 0.05) is 18.7 Å². The van der Waals surface area contributed by atoms with Crippen molar-refractivity contribution < 1.29 is 18.8 Å². The van der Waals surface area contributed by atoms with Crippen LogP contribution >= 0.6 is 0 Å². The van der Waals surface area contributed by atoms with Gasteiger partial charge in [-0.1, -0.05) is 6.92 Å². The summed E-state index contributed by atoms with van der Waals surface area (Å²) in [5, 5.41) is 9.98. The van der Waals surface area contributed by atoms with Gasteiger partial charge in [0.15, 0.2) is 0 Å². The average Bonchev–Trinajstić information content (AvgIpc) is 2.49. The Bertz CT molecular complexity index is 621. The van der Waals surface area contributed by atoms with E-state index in [1.807, 2.05) is 13.8 Å². The van der Waals surface area contributed by atoms with Crippen LogP contribution in [0.25, 0.3) is 0 Å². The Hall–Kier alpha value is -2.64. The number of hydrogen-bond acceptors (Lipinski definition) is 3. The lowest BCUT2D eigenvalue weighted by molar-refractivity contribution is -0.123. The fourth-order valence-corrected chi connectivity index (χ4v) is 1.79. The minimum absolute atomic E-state index is 0.00316. The first kappa shape index (κ1) is 19.4. The molecule has 0 spiro atoms. The molecule has 0 aromatic heterocycles. The van der Waals surface area contributed by atoms with Crippen LogP contribution < -0.4 is 21.3 Å². The molecule has 0 aliphatic heterocycles. The number of rotatable bonds is 6. The summed E-state index contributed by atoms with van der Waals surface area (Å²) in [4.78, 5) is 34.8. The van der Waals surface area contributed by atoms with Crippen molar-refractivity contribution in [2.45, 2.75) is 46.2 Å². The van der Waals surface area contributed by atoms with Gasteiger partial charge in [-0.2, -0.15) is 0 Å². The van der Waals surface area contributed by atoms with Crippen LogP contribution in [-0.2, 0) is 9.59 Å². The summed E-state index contributed by atoms with van der Waals surface area (Å²) in [5.74, 6) is -1.30. The topological polar surface area (TPSA) is 99.3 Å². The second-order valence-corrected chi connectivity index (χ2v) is 5.51. The fraction of sp³-hybridized carbons (Fsp3) is 0.438. The molecule has 0 aliphatic rings. The molecule has 1 aromatic rings. The van der Waals surface area contributed by atoms with Crippen LogP contribution in [0.2, 0.25) is 0 Å². The SMILES string of the molecule is CCC(C)NC(=O)C(C)NC(=O)Nc1cc(NC(C)=O)ccc1F. The van der Waals surface area contributed by atoms with Crippen LogP contribution in [0.4, 0.5) is 20.6 Å². The lowest BCUT2D eigenvalue weighted by Crippen LogP contribution is -2.48. The Kier molecular flexibility index (Phi) is 7.16. The van der Waals surface area contributed by atoms with Crippen LogP contribution in [0, 0.1) is 5.82 Å². The molecule has 8 heteroatoms. The second-order valence-electron chi connectivity index (χ2n) is 5.51. The van der Waals surface area contributed by atoms with Gasteiger partial charge in [-0.15, -0.1) is 0 Å². The van der Waals surface area contributed by atoms with Gasteiger partial charge in [-0.05, 0) is 38.5 Å². The predicted molar refractivity (Wildman–Crippen MR) is 90.2 cm³/mol. The first-order valence-corrected chi connectivity index (χ1v) is 7.68. The Labute approximate surface area is 140 Å². The van der Waals surface area contributed by atoms with E-state index < -0.39 is 17.9 Å². The minimum atomic E-state index is -0.777. The lowest BCUT2D eigenvalue weighted by atomic mass is 10.2. The number of urea groups is 1. The lowest BCUT2D eigenvalue weighted by Gasteiger charge is -2.18. The Morgan fingerprint density at radius 1 is 1.12 bits per heavy atom. The molecule has 7 nitrogen and oxygen atoms in total. The third-order valence-corrected chi connectivity index (χ3v) is 3.28. The highest BCUT2D eigenvalue weighted by Crippen LogP contribution is 2.19. The Morgan fingerprint density at radius 2 is 1.79 bits per heavy atom. The third kappa shape index (κ3) is 6.23. The summed E-state index contributed by atoms with van der Waals surface area (Å²) in [5.41, 5.74) is 0.245. The molecular weight excluding hydrogens is 315 g/mol. The van der Waals surface area contributed by atoms with E-state index in [1.54, 1.807) is 0 Å². The van der Waals surface area contributed by atoms with E-state index >= 15 is 0 Å². The summed E-state index contributed by atoms with van der Waals surface area (Å²) in [6.07, 6.45) is 0.770. The molecule has 2 atom stereocenters. The first-order valence-electron chi connectivity index (χ1n) is 7.68. The van der Waals surface area contributed by atoms with E-state index in [-0.39, 0.29) is 23.5 Å². The number of nitrogens with one attached hydrogen (secondary N) is 4. The zero-order valence-corrected chi connectivity index (χ0v) is 14.2. The number of amides is 4. The van der Waals surface area contributed by atoms with Crippen molar-refractivity contribution in [3.63, 3.8) is 0 Å². The van der Waals surface area contributed by atoms with E-state index in [0.29, 0.717) is 5.69 Å². The molecule has 4 amide bonds. The Balaban J connectivity index is 2.67. The highest BCUT2D eigenvalue weighted by molar-refractivity contribution is 5.95. The van der Waals surface area contributed by atoms with Gasteiger partial charge >= 0.3 is 6.03 Å². The van der Waals surface area contributed by atoms with Gasteiger partial charge in [0.25, 0.3) is 0 Å². The zero-order valence-electron chi connectivity index (χ0n) is 14.2. The number of halogens is 1. The molecule has 1 rings (SSSR count). The standard InChI is InChI=1S/C16H23FN4O3/c1-5-9(2)18-15(23)10(3)19-16(24)21-14-8-12(20-11(4)22)6-7-13(14)17/h6-10H,5H2,1-4H3,(H,18,23)(H,20,22)(H2,19,21,24). The van der Waals surface area contributed by atoms with E-state index in [4.69, 9.17) is 0 Å². The number of hydrogen-bond donors (Lipinski definition) is 4. The fourth-order valence-electron chi connectivity index (χ4n) is 1.79. The van der Waals surface area contributed by atoms with E-state index in [0.717, 1.165) is 12.5 Å². The maximum atomic E-state index is 13.7. The summed E-state index contributed by atoms with van der Waals surface area (Å²) in [7, 11) is 0. The minimum Gasteiger partial charge on any atom is -0.352 e. The number of anilines is 2. The summed E-state index contributed by atoms with van der Waals surface area (Å²) < 4.78 is 13.7. The van der Waals surface area contributed by atoms with Crippen LogP contribution in [0.5, 0.6) is 0 Å². The van der Waals surface area contributed by atoms with E-state index in [2.05, 4.69) is 21.3 Å². The first-order chi connectivity index (χ1) is 11.2. The summed E-state index contributed by atoms with van der Waals surface area (Å²) in [6, 6.07) is 2.29.